The molecule has 2 aliphatic heterocycles. The first-order chi connectivity index (χ1) is 22.6. The Morgan fingerprint density at radius 1 is 1.06 bits per heavy atom. The summed E-state index contributed by atoms with van der Waals surface area (Å²) in [6.07, 6.45) is 11.6. The first-order valence-electron chi connectivity index (χ1n) is 15.4. The molecule has 4 amide bonds. The van der Waals surface area contributed by atoms with Crippen LogP contribution in [0.25, 0.3) is 0 Å². The molecule has 47 heavy (non-hydrogen) atoms. The zero-order valence-corrected chi connectivity index (χ0v) is 27.6. The lowest BCUT2D eigenvalue weighted by molar-refractivity contribution is 0.0346. The van der Waals surface area contributed by atoms with Crippen LogP contribution in [0.15, 0.2) is 77.1 Å². The van der Waals surface area contributed by atoms with Crippen LogP contribution in [0, 0.1) is 0 Å². The molecule has 1 aliphatic carbocycles. The number of urea groups is 1. The first-order valence-corrected chi connectivity index (χ1v) is 16.4. The molecule has 1 saturated heterocycles. The Hall–Kier alpha value is -4.66. The number of rotatable bonds is 10. The van der Waals surface area contributed by atoms with Gasteiger partial charge in [-0.25, -0.2) is 9.59 Å². The van der Waals surface area contributed by atoms with Crippen molar-refractivity contribution in [3.63, 3.8) is 0 Å². The summed E-state index contributed by atoms with van der Waals surface area (Å²) in [6, 6.07) is 2.99. The second kappa shape index (κ2) is 15.8. The van der Waals surface area contributed by atoms with E-state index >= 15 is 0 Å². The number of anilines is 2. The maximum Gasteiger partial charge on any atom is 0.412 e. The minimum Gasteiger partial charge on any atom is -0.463 e. The summed E-state index contributed by atoms with van der Waals surface area (Å²) < 4.78 is 22.2. The fourth-order valence-corrected chi connectivity index (χ4v) is 5.53. The van der Waals surface area contributed by atoms with Gasteiger partial charge in [-0.3, -0.25) is 25.3 Å². The molecule has 2 aromatic heterocycles. The van der Waals surface area contributed by atoms with Crippen molar-refractivity contribution < 1.29 is 33.3 Å². The van der Waals surface area contributed by atoms with Crippen LogP contribution in [0.5, 0.6) is 0 Å². The zero-order valence-electron chi connectivity index (χ0n) is 26.7. The summed E-state index contributed by atoms with van der Waals surface area (Å²) in [7, 11) is 0. The number of aromatic nitrogens is 1. The van der Waals surface area contributed by atoms with Gasteiger partial charge in [-0.05, 0) is 50.8 Å². The van der Waals surface area contributed by atoms with E-state index in [9.17, 15) is 14.4 Å². The van der Waals surface area contributed by atoms with E-state index in [1.165, 1.54) is 23.9 Å². The smallest absolute Gasteiger partial charge is 0.412 e. The Kier molecular flexibility index (Phi) is 11.3. The lowest BCUT2D eigenvalue weighted by Crippen LogP contribution is -2.46. The van der Waals surface area contributed by atoms with Crippen LogP contribution in [0.3, 0.4) is 0 Å². The molecule has 0 unspecified atom stereocenters. The second-order valence-electron chi connectivity index (χ2n) is 12.0. The zero-order chi connectivity index (χ0) is 33.2. The van der Waals surface area contributed by atoms with Crippen molar-refractivity contribution in [1.82, 2.24) is 20.1 Å². The Labute approximate surface area is 277 Å². The van der Waals surface area contributed by atoms with E-state index in [1.807, 2.05) is 12.2 Å². The van der Waals surface area contributed by atoms with Gasteiger partial charge in [0.1, 0.15) is 17.6 Å². The van der Waals surface area contributed by atoms with Crippen molar-refractivity contribution in [2.24, 2.45) is 0 Å². The standard InChI is InChI=1S/C33H40N6O7S/c1-33(2,3)46-32(42)36-27-22-47-21-26(27)35-30(40)25-10-9-23(17-34-25)18-39(12-11-38-13-15-43-16-14-38)31(41)37-29-20-44-19-28(45-29)24-7-5-4-6-8-24/h4-5,7,9-10,17,19-22H,6,8,11-16,18H2,1-3H3,(H,35,40)(H,36,42)(H,37,41). The van der Waals surface area contributed by atoms with Crippen molar-refractivity contribution in [3.8, 4) is 0 Å². The number of pyridine rings is 1. The number of carbonyl (C=O) groups is 3. The van der Waals surface area contributed by atoms with Crippen molar-refractivity contribution >= 4 is 40.7 Å². The van der Waals surface area contributed by atoms with Crippen LogP contribution in [-0.4, -0.2) is 77.8 Å². The molecule has 0 radical (unpaired) electrons. The van der Waals surface area contributed by atoms with Gasteiger partial charge in [-0.1, -0.05) is 24.3 Å². The Balaban J connectivity index is 1.21. The fraction of sp³-hybridized carbons (Fsp3) is 0.394. The molecule has 13 nitrogen and oxygen atoms in total. The van der Waals surface area contributed by atoms with Gasteiger partial charge in [-0.15, -0.1) is 11.3 Å². The Morgan fingerprint density at radius 2 is 1.85 bits per heavy atom. The average molecular weight is 665 g/mol. The average Bonchev–Trinajstić information content (AvgIpc) is 3.49. The van der Waals surface area contributed by atoms with Gasteiger partial charge in [-0.2, -0.15) is 0 Å². The summed E-state index contributed by atoms with van der Waals surface area (Å²) in [5.74, 6) is 0.302. The molecule has 3 aliphatic rings. The molecule has 250 valence electrons. The minimum absolute atomic E-state index is 0.177. The fourth-order valence-electron chi connectivity index (χ4n) is 4.82. The summed E-state index contributed by atoms with van der Waals surface area (Å²) in [6.45, 7) is 9.54. The summed E-state index contributed by atoms with van der Waals surface area (Å²) in [5, 5.41) is 11.7. The van der Waals surface area contributed by atoms with Crippen molar-refractivity contribution in [2.45, 2.75) is 45.8 Å². The molecule has 3 N–H and O–H groups in total. The van der Waals surface area contributed by atoms with Gasteiger partial charge >= 0.3 is 12.1 Å². The molecule has 4 heterocycles. The highest BCUT2D eigenvalue weighted by molar-refractivity contribution is 7.09. The Bertz CT molecular complexity index is 1550. The number of amides is 4. The maximum atomic E-state index is 13.5. The number of allylic oxidation sites excluding steroid dienone is 4. The lowest BCUT2D eigenvalue weighted by atomic mass is 10.0. The molecule has 5 rings (SSSR count). The van der Waals surface area contributed by atoms with E-state index in [-0.39, 0.29) is 24.2 Å². The number of carbonyl (C=O) groups excluding carboxylic acids is 3. The predicted octanol–water partition coefficient (Wildman–Crippen LogP) is 5.55. The number of nitrogens with zero attached hydrogens (tertiary/aromatic N) is 3. The van der Waals surface area contributed by atoms with E-state index in [1.54, 1.807) is 54.8 Å². The predicted molar refractivity (Wildman–Crippen MR) is 177 cm³/mol. The number of nitrogens with one attached hydrogen (secondary N) is 3. The molecule has 14 heteroatoms. The van der Waals surface area contributed by atoms with E-state index in [0.717, 1.165) is 37.1 Å². The third-order valence-electron chi connectivity index (χ3n) is 7.18. The third-order valence-corrected chi connectivity index (χ3v) is 7.93. The highest BCUT2D eigenvalue weighted by atomic mass is 32.1. The molecular weight excluding hydrogens is 624 g/mol. The van der Waals surface area contributed by atoms with Crippen LogP contribution >= 0.6 is 11.3 Å². The molecular formula is C33H40N6O7S. The number of hydrogen-bond acceptors (Lipinski definition) is 10. The highest BCUT2D eigenvalue weighted by Crippen LogP contribution is 2.28. The quantitative estimate of drug-likeness (QED) is 0.298. The molecule has 0 saturated carbocycles. The topological polar surface area (TPSA) is 144 Å². The van der Waals surface area contributed by atoms with E-state index in [2.05, 4.69) is 31.9 Å². The third kappa shape index (κ3) is 10.2. The van der Waals surface area contributed by atoms with Crippen molar-refractivity contribution in [3.05, 3.63) is 88.3 Å². The Morgan fingerprint density at radius 3 is 2.55 bits per heavy atom. The van der Waals surface area contributed by atoms with Crippen LogP contribution in [0.1, 0.15) is 49.7 Å². The van der Waals surface area contributed by atoms with Crippen LogP contribution in [0.2, 0.25) is 0 Å². The molecule has 2 aromatic rings. The van der Waals surface area contributed by atoms with Crippen LogP contribution < -0.4 is 16.0 Å². The summed E-state index contributed by atoms with van der Waals surface area (Å²) in [4.78, 5) is 47.0. The van der Waals surface area contributed by atoms with Gasteiger partial charge in [0.2, 0.25) is 5.88 Å². The van der Waals surface area contributed by atoms with Gasteiger partial charge in [0, 0.05) is 49.7 Å². The molecule has 1 fully saturated rings. The van der Waals surface area contributed by atoms with Gasteiger partial charge in [0.15, 0.2) is 12.0 Å². The second-order valence-corrected chi connectivity index (χ2v) is 12.7. The minimum atomic E-state index is -0.658. The van der Waals surface area contributed by atoms with Crippen LogP contribution in [0.4, 0.5) is 21.0 Å². The van der Waals surface area contributed by atoms with Crippen molar-refractivity contribution in [2.75, 3.05) is 50.0 Å². The van der Waals surface area contributed by atoms with Gasteiger partial charge in [0.05, 0.1) is 24.6 Å². The van der Waals surface area contributed by atoms with E-state index in [4.69, 9.17) is 18.9 Å². The molecule has 0 atom stereocenters. The van der Waals surface area contributed by atoms with Gasteiger partial charge < -0.3 is 29.2 Å². The number of hydrogen-bond donors (Lipinski definition) is 3. The maximum absolute atomic E-state index is 13.5. The lowest BCUT2D eigenvalue weighted by Gasteiger charge is -2.30. The van der Waals surface area contributed by atoms with Crippen LogP contribution in [-0.2, 0) is 25.5 Å². The van der Waals surface area contributed by atoms with E-state index < -0.39 is 17.6 Å². The highest BCUT2D eigenvalue weighted by Gasteiger charge is 2.23. The van der Waals surface area contributed by atoms with Gasteiger partial charge in [0.25, 0.3) is 5.91 Å². The summed E-state index contributed by atoms with van der Waals surface area (Å²) in [5.41, 5.74) is 2.09. The molecule has 0 spiro atoms. The molecule has 0 aromatic carbocycles. The normalized spacial score (nSPS) is 16.4. The summed E-state index contributed by atoms with van der Waals surface area (Å²) >= 11 is 1.32. The molecule has 0 bridgehead atoms. The number of ether oxygens (including phenoxy) is 4. The largest absolute Gasteiger partial charge is 0.463 e. The van der Waals surface area contributed by atoms with Crippen molar-refractivity contribution in [1.29, 1.82) is 0 Å². The monoisotopic (exact) mass is 664 g/mol. The number of morpholine rings is 1. The first kappa shape index (κ1) is 33.7. The van der Waals surface area contributed by atoms with E-state index in [0.29, 0.717) is 43.4 Å². The number of thiophene rings is 1. The SMILES string of the molecule is CC(C)(C)OC(=O)Nc1cscc1NC(=O)c1ccc(CN(CCN2CCOCC2)C(=O)NC2=COC=C(C3=CC=CCC3)O2)cn1.